The average Bonchev–Trinajstić information content (AvgIpc) is 2.57. The molecular formula is C20H25ClN2O2. The Morgan fingerprint density at radius 3 is 2.40 bits per heavy atom. The highest BCUT2D eigenvalue weighted by Gasteiger charge is 2.16. The highest BCUT2D eigenvalue weighted by Crippen LogP contribution is 2.19. The second-order valence-electron chi connectivity index (χ2n) is 6.55. The molecule has 0 aliphatic heterocycles. The van der Waals surface area contributed by atoms with Crippen LogP contribution in [0.3, 0.4) is 0 Å². The Hall–Kier alpha value is -1.94. The maximum Gasteiger partial charge on any atom is 0.257 e. The van der Waals surface area contributed by atoms with Crippen LogP contribution >= 0.6 is 11.6 Å². The molecule has 0 amide bonds. The maximum absolute atomic E-state index is 12.6. The van der Waals surface area contributed by atoms with Gasteiger partial charge >= 0.3 is 0 Å². The molecule has 0 saturated carbocycles. The third kappa shape index (κ3) is 5.02. The van der Waals surface area contributed by atoms with Crippen LogP contribution in [-0.2, 0) is 6.54 Å². The van der Waals surface area contributed by atoms with E-state index in [4.69, 9.17) is 11.6 Å². The van der Waals surface area contributed by atoms with Crippen LogP contribution in [0.4, 0.5) is 0 Å². The van der Waals surface area contributed by atoms with E-state index in [0.29, 0.717) is 17.2 Å². The molecule has 0 atom stereocenters. The smallest absolute Gasteiger partial charge is 0.257 e. The summed E-state index contributed by atoms with van der Waals surface area (Å²) in [6.45, 7) is 7.04. The lowest BCUT2D eigenvalue weighted by Crippen LogP contribution is -2.20. The van der Waals surface area contributed by atoms with Gasteiger partial charge in [-0.15, -0.1) is 0 Å². The second kappa shape index (κ2) is 8.95. The van der Waals surface area contributed by atoms with Gasteiger partial charge in [0.15, 0.2) is 0 Å². The fraction of sp³-hybridized carbons (Fsp3) is 0.450. The number of hydrogen-bond acceptors (Lipinski definition) is 3. The Morgan fingerprint density at radius 1 is 1.20 bits per heavy atom. The van der Waals surface area contributed by atoms with Gasteiger partial charge in [-0.2, -0.15) is 0 Å². The zero-order chi connectivity index (χ0) is 18.4. The number of halogens is 1. The van der Waals surface area contributed by atoms with Gasteiger partial charge in [-0.05, 0) is 48.9 Å². The minimum Gasteiger partial charge on any atom is -0.352 e. The van der Waals surface area contributed by atoms with Crippen molar-refractivity contribution in [2.75, 3.05) is 0 Å². The lowest BCUT2D eigenvalue weighted by atomic mass is 9.98. The molecule has 2 aromatic heterocycles. The van der Waals surface area contributed by atoms with Crippen molar-refractivity contribution in [3.8, 4) is 11.3 Å². The molecule has 134 valence electrons. The summed E-state index contributed by atoms with van der Waals surface area (Å²) >= 11 is 5.65. The normalized spacial score (nSPS) is 11.1. The fourth-order valence-electron chi connectivity index (χ4n) is 3.13. The van der Waals surface area contributed by atoms with Crippen LogP contribution < -0.4 is 5.43 Å². The summed E-state index contributed by atoms with van der Waals surface area (Å²) < 4.78 is 1.92. The topological polar surface area (TPSA) is 52.0 Å². The minimum absolute atomic E-state index is 0.00767. The molecule has 0 aliphatic carbocycles. The molecular weight excluding hydrogens is 336 g/mol. The Morgan fingerprint density at radius 2 is 1.88 bits per heavy atom. The fourth-order valence-corrected chi connectivity index (χ4v) is 3.26. The molecule has 4 nitrogen and oxygen atoms in total. The number of rotatable bonds is 8. The van der Waals surface area contributed by atoms with Gasteiger partial charge in [0, 0.05) is 25.1 Å². The number of aromatic nitrogens is 2. The first-order valence-corrected chi connectivity index (χ1v) is 9.21. The van der Waals surface area contributed by atoms with E-state index in [1.165, 1.54) is 0 Å². The Bertz CT molecular complexity index is 775. The van der Waals surface area contributed by atoms with Crippen LogP contribution in [0.1, 0.15) is 55.5 Å². The number of carbonyl (C=O) groups excluding carboxylic acids is 1. The number of aryl methyl sites for hydroxylation is 1. The van der Waals surface area contributed by atoms with E-state index < -0.39 is 5.24 Å². The standard InChI is InChI=1S/C20H25ClN2O2/c1-4-6-15(7-5-2)11-23-12-16(18-9-8-14(3)10-22-18)19(24)17(13-23)20(21)25/h8-10,12-13,15H,4-7,11H2,1-3H3. The summed E-state index contributed by atoms with van der Waals surface area (Å²) in [6.07, 6.45) is 9.53. The van der Waals surface area contributed by atoms with E-state index in [2.05, 4.69) is 18.8 Å². The van der Waals surface area contributed by atoms with Crippen LogP contribution in [-0.4, -0.2) is 14.8 Å². The third-order valence-corrected chi connectivity index (χ3v) is 4.54. The molecule has 2 rings (SSSR count). The molecule has 2 heterocycles. The van der Waals surface area contributed by atoms with Crippen molar-refractivity contribution in [3.63, 3.8) is 0 Å². The van der Waals surface area contributed by atoms with Crippen molar-refractivity contribution in [1.29, 1.82) is 0 Å². The maximum atomic E-state index is 12.6. The quantitative estimate of drug-likeness (QED) is 0.634. The number of nitrogens with zero attached hydrogens (tertiary/aromatic N) is 2. The SMILES string of the molecule is CCCC(CCC)Cn1cc(C(=O)Cl)c(=O)c(-c2ccc(C)cn2)c1. The summed E-state index contributed by atoms with van der Waals surface area (Å²) in [6, 6.07) is 3.70. The molecule has 0 aliphatic rings. The summed E-state index contributed by atoms with van der Waals surface area (Å²) in [5, 5.41) is -0.727. The molecule has 0 unspecified atom stereocenters. The Balaban J connectivity index is 2.49. The van der Waals surface area contributed by atoms with Crippen LogP contribution in [0.2, 0.25) is 0 Å². The summed E-state index contributed by atoms with van der Waals surface area (Å²) in [7, 11) is 0. The molecule has 0 N–H and O–H groups in total. The molecule has 25 heavy (non-hydrogen) atoms. The summed E-state index contributed by atoms with van der Waals surface area (Å²) in [5.74, 6) is 0.509. The highest BCUT2D eigenvalue weighted by atomic mass is 35.5. The van der Waals surface area contributed by atoms with E-state index in [0.717, 1.165) is 37.8 Å². The molecule has 0 spiro atoms. The Kier molecular flexibility index (Phi) is 6.94. The van der Waals surface area contributed by atoms with Gasteiger partial charge in [-0.3, -0.25) is 14.6 Å². The largest absolute Gasteiger partial charge is 0.352 e. The van der Waals surface area contributed by atoms with Crippen molar-refractivity contribution in [2.45, 2.75) is 53.0 Å². The first kappa shape index (κ1) is 19.4. The van der Waals surface area contributed by atoms with E-state index >= 15 is 0 Å². The highest BCUT2D eigenvalue weighted by molar-refractivity contribution is 6.67. The van der Waals surface area contributed by atoms with E-state index in [-0.39, 0.29) is 11.0 Å². The van der Waals surface area contributed by atoms with Crippen LogP contribution in [0, 0.1) is 12.8 Å². The monoisotopic (exact) mass is 360 g/mol. The van der Waals surface area contributed by atoms with Gasteiger partial charge in [0.1, 0.15) is 0 Å². The van der Waals surface area contributed by atoms with Gasteiger partial charge in [-0.25, -0.2) is 0 Å². The molecule has 0 saturated heterocycles. The van der Waals surface area contributed by atoms with Crippen molar-refractivity contribution >= 4 is 16.8 Å². The first-order valence-electron chi connectivity index (χ1n) is 8.83. The number of pyridine rings is 2. The lowest BCUT2D eigenvalue weighted by Gasteiger charge is -2.18. The predicted molar refractivity (Wildman–Crippen MR) is 102 cm³/mol. The van der Waals surface area contributed by atoms with Crippen LogP contribution in [0.15, 0.2) is 35.5 Å². The zero-order valence-corrected chi connectivity index (χ0v) is 15.8. The van der Waals surface area contributed by atoms with Crippen molar-refractivity contribution in [1.82, 2.24) is 9.55 Å². The molecule has 2 aromatic rings. The first-order chi connectivity index (χ1) is 12.0. The van der Waals surface area contributed by atoms with Gasteiger partial charge in [-0.1, -0.05) is 32.8 Å². The van der Waals surface area contributed by atoms with E-state index in [1.807, 2.05) is 17.6 Å². The van der Waals surface area contributed by atoms with Gasteiger partial charge in [0.25, 0.3) is 5.24 Å². The van der Waals surface area contributed by atoms with Crippen LogP contribution in [0.25, 0.3) is 11.3 Å². The van der Waals surface area contributed by atoms with Crippen LogP contribution in [0.5, 0.6) is 0 Å². The van der Waals surface area contributed by atoms with Crippen molar-refractivity contribution in [3.05, 3.63) is 52.1 Å². The Labute approximate surface area is 153 Å². The van der Waals surface area contributed by atoms with E-state index in [9.17, 15) is 9.59 Å². The molecule has 0 bridgehead atoms. The van der Waals surface area contributed by atoms with Gasteiger partial charge in [0.05, 0.1) is 16.8 Å². The number of carbonyl (C=O) groups is 1. The van der Waals surface area contributed by atoms with Crippen molar-refractivity contribution < 1.29 is 4.79 Å². The predicted octanol–water partition coefficient (Wildman–Crippen LogP) is 4.81. The summed E-state index contributed by atoms with van der Waals surface area (Å²) in [5.41, 5.74) is 1.63. The average molecular weight is 361 g/mol. The zero-order valence-electron chi connectivity index (χ0n) is 15.1. The van der Waals surface area contributed by atoms with E-state index in [1.54, 1.807) is 24.7 Å². The molecule has 0 aromatic carbocycles. The number of hydrogen-bond donors (Lipinski definition) is 0. The minimum atomic E-state index is -0.727. The molecule has 5 heteroatoms. The third-order valence-electron chi connectivity index (χ3n) is 4.34. The molecule has 0 fully saturated rings. The van der Waals surface area contributed by atoms with Gasteiger partial charge < -0.3 is 4.57 Å². The second-order valence-corrected chi connectivity index (χ2v) is 6.89. The molecule has 0 radical (unpaired) electrons. The lowest BCUT2D eigenvalue weighted by molar-refractivity contribution is 0.107. The summed E-state index contributed by atoms with van der Waals surface area (Å²) in [4.78, 5) is 28.7. The van der Waals surface area contributed by atoms with Crippen molar-refractivity contribution in [2.24, 2.45) is 5.92 Å². The van der Waals surface area contributed by atoms with Gasteiger partial charge in [0.2, 0.25) is 5.43 Å².